The lowest BCUT2D eigenvalue weighted by Gasteiger charge is -2.11. The molecular weight excluding hydrogens is 412 g/mol. The fourth-order valence-corrected chi connectivity index (χ4v) is 2.85. The highest BCUT2D eigenvalue weighted by Crippen LogP contribution is 2.38. The molecule has 2 aromatic carbocycles. The second-order valence-electron chi connectivity index (χ2n) is 6.22. The number of non-ortho nitro benzene ring substituents is 1. The molecule has 2 aromatic rings. The van der Waals surface area contributed by atoms with Crippen molar-refractivity contribution in [1.82, 2.24) is 10.2 Å². The van der Waals surface area contributed by atoms with Crippen LogP contribution in [0, 0.1) is 20.2 Å². The number of rotatable bonds is 7. The molecule has 1 fully saturated rings. The van der Waals surface area contributed by atoms with E-state index in [0.717, 1.165) is 23.1 Å². The first-order chi connectivity index (χ1) is 14.7. The molecule has 160 valence electrons. The zero-order chi connectivity index (χ0) is 22.7. The van der Waals surface area contributed by atoms with Crippen LogP contribution in [0.4, 0.5) is 16.2 Å². The van der Waals surface area contributed by atoms with Crippen LogP contribution < -0.4 is 14.8 Å². The molecule has 31 heavy (non-hydrogen) atoms. The van der Waals surface area contributed by atoms with Gasteiger partial charge in [0.25, 0.3) is 11.6 Å². The molecule has 12 heteroatoms. The predicted molar refractivity (Wildman–Crippen MR) is 107 cm³/mol. The molecule has 1 aliphatic rings. The summed E-state index contributed by atoms with van der Waals surface area (Å²) < 4.78 is 10.8. The Morgan fingerprint density at radius 1 is 1.03 bits per heavy atom. The number of imide groups is 1. The zero-order valence-electron chi connectivity index (χ0n) is 16.4. The number of nitrogens with zero attached hydrogens (tertiary/aromatic N) is 3. The van der Waals surface area contributed by atoms with E-state index in [-0.39, 0.29) is 29.5 Å². The van der Waals surface area contributed by atoms with Gasteiger partial charge in [0.15, 0.2) is 11.5 Å². The first kappa shape index (κ1) is 21.2. The van der Waals surface area contributed by atoms with E-state index in [0.29, 0.717) is 5.56 Å². The number of hydrogen-bond acceptors (Lipinski definition) is 8. The Hall–Kier alpha value is -4.48. The summed E-state index contributed by atoms with van der Waals surface area (Å²) in [5.41, 5.74) is -0.434. The minimum absolute atomic E-state index is 0.0913. The third-order valence-electron chi connectivity index (χ3n) is 4.35. The second kappa shape index (κ2) is 8.49. The molecule has 0 radical (unpaired) electrons. The van der Waals surface area contributed by atoms with Crippen molar-refractivity contribution in [3.8, 4) is 17.2 Å². The van der Waals surface area contributed by atoms with Gasteiger partial charge in [0.05, 0.1) is 23.0 Å². The lowest BCUT2D eigenvalue weighted by atomic mass is 10.1. The summed E-state index contributed by atoms with van der Waals surface area (Å²) in [7, 11) is 1.35. The van der Waals surface area contributed by atoms with Gasteiger partial charge in [0.1, 0.15) is 5.70 Å². The van der Waals surface area contributed by atoms with Gasteiger partial charge in [-0.05, 0) is 36.8 Å². The van der Waals surface area contributed by atoms with Gasteiger partial charge in [-0.3, -0.25) is 29.9 Å². The van der Waals surface area contributed by atoms with E-state index < -0.39 is 33.2 Å². The molecule has 1 aliphatic heterocycles. The molecule has 0 spiro atoms. The molecule has 0 unspecified atom stereocenters. The van der Waals surface area contributed by atoms with E-state index in [1.54, 1.807) is 13.0 Å². The summed E-state index contributed by atoms with van der Waals surface area (Å²) in [6, 6.07) is 7.00. The van der Waals surface area contributed by atoms with Crippen molar-refractivity contribution in [2.45, 2.75) is 6.92 Å². The van der Waals surface area contributed by atoms with Crippen molar-refractivity contribution in [3.63, 3.8) is 0 Å². The van der Waals surface area contributed by atoms with Gasteiger partial charge in [0, 0.05) is 12.6 Å². The first-order valence-corrected chi connectivity index (χ1v) is 8.88. The number of hydrogen-bond donors (Lipinski definition) is 1. The van der Waals surface area contributed by atoms with Crippen LogP contribution in [-0.2, 0) is 4.79 Å². The topological polar surface area (TPSA) is 154 Å². The van der Waals surface area contributed by atoms with E-state index in [9.17, 15) is 29.8 Å². The van der Waals surface area contributed by atoms with Crippen LogP contribution in [0.3, 0.4) is 0 Å². The number of carbonyl (C=O) groups excluding carboxylic acids is 2. The lowest BCUT2D eigenvalue weighted by Crippen LogP contribution is -2.30. The van der Waals surface area contributed by atoms with Crippen molar-refractivity contribution in [2.24, 2.45) is 0 Å². The first-order valence-electron chi connectivity index (χ1n) is 8.88. The smallest absolute Gasteiger partial charge is 0.328 e. The molecular formula is C19H16N4O8. The van der Waals surface area contributed by atoms with Gasteiger partial charge in [-0.15, -0.1) is 0 Å². The number of nitrogens with one attached hydrogen (secondary N) is 1. The number of methoxy groups -OCH3 is 1. The Bertz CT molecular complexity index is 1130. The van der Waals surface area contributed by atoms with Gasteiger partial charge in [-0.1, -0.05) is 6.07 Å². The number of benzene rings is 2. The SMILES string of the molecule is CCN1C(=O)N/C(=C/c2ccc(Oc3ccc([N+](=O)[O-])cc3[N+](=O)[O-])c(OC)c2)C1=O. The second-order valence-corrected chi connectivity index (χ2v) is 6.22. The van der Waals surface area contributed by atoms with Crippen LogP contribution in [-0.4, -0.2) is 40.3 Å². The highest BCUT2D eigenvalue weighted by molar-refractivity contribution is 6.13. The number of nitro benzene ring substituents is 2. The van der Waals surface area contributed by atoms with E-state index in [1.165, 1.54) is 25.3 Å². The Kier molecular flexibility index (Phi) is 5.81. The predicted octanol–water partition coefficient (Wildman–Crippen LogP) is 3.22. The van der Waals surface area contributed by atoms with Crippen molar-refractivity contribution in [1.29, 1.82) is 0 Å². The monoisotopic (exact) mass is 428 g/mol. The summed E-state index contributed by atoms with van der Waals surface area (Å²) in [6.45, 7) is 1.90. The van der Waals surface area contributed by atoms with Crippen LogP contribution in [0.25, 0.3) is 6.08 Å². The van der Waals surface area contributed by atoms with E-state index in [2.05, 4.69) is 5.32 Å². The summed E-state index contributed by atoms with van der Waals surface area (Å²) in [5.74, 6) is -0.380. The number of likely N-dealkylation sites (N-methyl/N-ethyl adjacent to an activating group) is 1. The fourth-order valence-electron chi connectivity index (χ4n) is 2.85. The van der Waals surface area contributed by atoms with E-state index in [4.69, 9.17) is 9.47 Å². The van der Waals surface area contributed by atoms with E-state index in [1.807, 2.05) is 0 Å². The van der Waals surface area contributed by atoms with Crippen molar-refractivity contribution in [3.05, 3.63) is 67.9 Å². The van der Waals surface area contributed by atoms with Crippen molar-refractivity contribution < 1.29 is 28.9 Å². The molecule has 0 atom stereocenters. The molecule has 1 heterocycles. The molecule has 0 aliphatic carbocycles. The Balaban J connectivity index is 1.92. The van der Waals surface area contributed by atoms with Gasteiger partial charge in [-0.2, -0.15) is 0 Å². The Morgan fingerprint density at radius 2 is 1.74 bits per heavy atom. The average molecular weight is 428 g/mol. The summed E-state index contributed by atoms with van der Waals surface area (Å²) >= 11 is 0. The summed E-state index contributed by atoms with van der Waals surface area (Å²) in [5, 5.41) is 24.6. The third-order valence-corrected chi connectivity index (χ3v) is 4.35. The minimum Gasteiger partial charge on any atom is -0.493 e. The highest BCUT2D eigenvalue weighted by Gasteiger charge is 2.32. The number of carbonyl (C=O) groups is 2. The van der Waals surface area contributed by atoms with Crippen molar-refractivity contribution in [2.75, 3.05) is 13.7 Å². The molecule has 1 saturated heterocycles. The van der Waals surface area contributed by atoms with Gasteiger partial charge < -0.3 is 14.8 Å². The maximum absolute atomic E-state index is 12.2. The molecule has 1 N–H and O–H groups in total. The van der Waals surface area contributed by atoms with Crippen LogP contribution in [0.2, 0.25) is 0 Å². The van der Waals surface area contributed by atoms with Gasteiger partial charge in [-0.25, -0.2) is 4.79 Å². The van der Waals surface area contributed by atoms with Crippen LogP contribution in [0.1, 0.15) is 12.5 Å². The molecule has 12 nitrogen and oxygen atoms in total. The number of nitro groups is 2. The summed E-state index contributed by atoms with van der Waals surface area (Å²) in [4.78, 5) is 45.6. The van der Waals surface area contributed by atoms with Crippen LogP contribution >= 0.6 is 0 Å². The largest absolute Gasteiger partial charge is 0.493 e. The minimum atomic E-state index is -0.790. The zero-order valence-corrected chi connectivity index (χ0v) is 16.4. The average Bonchev–Trinajstić information content (AvgIpc) is 3.01. The molecule has 0 saturated carbocycles. The quantitative estimate of drug-likeness (QED) is 0.305. The Labute approximate surface area is 175 Å². The van der Waals surface area contributed by atoms with Gasteiger partial charge >= 0.3 is 11.7 Å². The highest BCUT2D eigenvalue weighted by atomic mass is 16.6. The number of urea groups is 1. The maximum Gasteiger partial charge on any atom is 0.328 e. The molecule has 3 rings (SSSR count). The summed E-state index contributed by atoms with van der Waals surface area (Å²) in [6.07, 6.45) is 1.45. The normalized spacial score (nSPS) is 14.5. The van der Waals surface area contributed by atoms with Crippen LogP contribution in [0.15, 0.2) is 42.1 Å². The molecule has 0 aromatic heterocycles. The molecule has 0 bridgehead atoms. The Morgan fingerprint density at radius 3 is 2.32 bits per heavy atom. The maximum atomic E-state index is 12.2. The van der Waals surface area contributed by atoms with Crippen LogP contribution in [0.5, 0.6) is 17.2 Å². The van der Waals surface area contributed by atoms with Gasteiger partial charge in [0.2, 0.25) is 5.75 Å². The van der Waals surface area contributed by atoms with Crippen molar-refractivity contribution >= 4 is 29.4 Å². The number of ether oxygens (including phenoxy) is 2. The molecule has 3 amide bonds. The third kappa shape index (κ3) is 4.27. The standard InChI is InChI=1S/C19H16N4O8/c1-3-21-18(24)13(20-19(21)25)8-11-4-6-16(17(9-11)30-2)31-15-7-5-12(22(26)27)10-14(15)23(28)29/h4-10H,3H2,1-2H3,(H,20,25)/b13-8+. The number of amides is 3. The van der Waals surface area contributed by atoms with E-state index >= 15 is 0 Å². The lowest BCUT2D eigenvalue weighted by molar-refractivity contribution is -0.394. The fraction of sp³-hybridized carbons (Fsp3) is 0.158.